The number of amidine groups is 1. The maximum atomic E-state index is 11.7. The van der Waals surface area contributed by atoms with Crippen LogP contribution in [-0.2, 0) is 6.54 Å². The molecule has 1 rings (SSSR count). The molecule has 0 heterocycles. The fourth-order valence-corrected chi connectivity index (χ4v) is 1.60. The maximum absolute atomic E-state index is 11.7. The summed E-state index contributed by atoms with van der Waals surface area (Å²) in [5.41, 5.74) is 7.04. The summed E-state index contributed by atoms with van der Waals surface area (Å²) < 4.78 is 0. The highest BCUT2D eigenvalue weighted by Gasteiger charge is 2.08. The van der Waals surface area contributed by atoms with Gasteiger partial charge in [0.1, 0.15) is 5.84 Å². The van der Waals surface area contributed by atoms with Crippen LogP contribution in [0.2, 0.25) is 0 Å². The zero-order valence-corrected chi connectivity index (χ0v) is 10.9. The van der Waals surface area contributed by atoms with Gasteiger partial charge in [0.05, 0.1) is 0 Å². The molecule has 0 saturated heterocycles. The van der Waals surface area contributed by atoms with E-state index in [1.54, 1.807) is 17.0 Å². The van der Waals surface area contributed by atoms with Gasteiger partial charge in [0.15, 0.2) is 0 Å². The van der Waals surface area contributed by atoms with E-state index in [9.17, 15) is 4.79 Å². The number of carbonyl (C=O) groups excluding carboxylic acids is 1. The highest BCUT2D eigenvalue weighted by atomic mass is 16.2. The molecule has 0 aliphatic carbocycles. The Morgan fingerprint density at radius 3 is 2.28 bits per heavy atom. The van der Waals surface area contributed by atoms with Gasteiger partial charge >= 0.3 is 6.03 Å². The first-order valence-electron chi connectivity index (χ1n) is 6.04. The summed E-state index contributed by atoms with van der Waals surface area (Å²) in [5, 5.41) is 10.1. The first kappa shape index (κ1) is 14.0. The van der Waals surface area contributed by atoms with Crippen molar-refractivity contribution in [2.45, 2.75) is 20.4 Å². The third-order valence-corrected chi connectivity index (χ3v) is 2.76. The van der Waals surface area contributed by atoms with Crippen molar-refractivity contribution in [3.63, 3.8) is 0 Å². The molecule has 0 aliphatic heterocycles. The molecule has 1 aromatic carbocycles. The Bertz CT molecular complexity index is 410. The van der Waals surface area contributed by atoms with Crippen LogP contribution in [0.4, 0.5) is 4.79 Å². The number of nitrogens with one attached hydrogen (secondary N) is 2. The van der Waals surface area contributed by atoms with Gasteiger partial charge in [0.2, 0.25) is 0 Å². The third kappa shape index (κ3) is 3.76. The van der Waals surface area contributed by atoms with E-state index in [4.69, 9.17) is 11.1 Å². The van der Waals surface area contributed by atoms with Gasteiger partial charge in [-0.1, -0.05) is 24.3 Å². The van der Waals surface area contributed by atoms with Crippen molar-refractivity contribution in [2.24, 2.45) is 5.73 Å². The van der Waals surface area contributed by atoms with Gasteiger partial charge < -0.3 is 16.0 Å². The monoisotopic (exact) mass is 248 g/mol. The van der Waals surface area contributed by atoms with Crippen LogP contribution < -0.4 is 11.1 Å². The lowest BCUT2D eigenvalue weighted by Gasteiger charge is -2.19. The van der Waals surface area contributed by atoms with Gasteiger partial charge in [0.25, 0.3) is 0 Å². The summed E-state index contributed by atoms with van der Waals surface area (Å²) in [6.45, 7) is 5.78. The summed E-state index contributed by atoms with van der Waals surface area (Å²) >= 11 is 0. The lowest BCUT2D eigenvalue weighted by Crippen LogP contribution is -2.39. The molecule has 5 heteroatoms. The predicted octanol–water partition coefficient (Wildman–Crippen LogP) is 1.52. The van der Waals surface area contributed by atoms with E-state index in [1.807, 2.05) is 26.0 Å². The molecule has 0 spiro atoms. The van der Waals surface area contributed by atoms with Gasteiger partial charge in [-0.2, -0.15) is 0 Å². The summed E-state index contributed by atoms with van der Waals surface area (Å²) in [5.74, 6) is 0.0497. The van der Waals surface area contributed by atoms with Gasteiger partial charge in [-0.15, -0.1) is 0 Å². The Labute approximate surface area is 107 Å². The van der Waals surface area contributed by atoms with E-state index < -0.39 is 0 Å². The second-order valence-corrected chi connectivity index (χ2v) is 3.94. The molecule has 0 atom stereocenters. The Morgan fingerprint density at radius 2 is 1.83 bits per heavy atom. The number of urea groups is 1. The average Bonchev–Trinajstić information content (AvgIpc) is 2.38. The van der Waals surface area contributed by atoms with Crippen LogP contribution in [0.25, 0.3) is 0 Å². The molecule has 0 fully saturated rings. The van der Waals surface area contributed by atoms with Gasteiger partial charge in [-0.3, -0.25) is 5.41 Å². The van der Waals surface area contributed by atoms with E-state index in [2.05, 4.69) is 5.32 Å². The molecular weight excluding hydrogens is 228 g/mol. The van der Waals surface area contributed by atoms with Crippen LogP contribution in [0, 0.1) is 5.41 Å². The summed E-state index contributed by atoms with van der Waals surface area (Å²) in [6, 6.07) is 7.22. The number of benzene rings is 1. The summed E-state index contributed by atoms with van der Waals surface area (Å²) in [7, 11) is 0. The highest BCUT2D eigenvalue weighted by Crippen LogP contribution is 2.03. The van der Waals surface area contributed by atoms with Crippen LogP contribution in [0.5, 0.6) is 0 Å². The molecule has 0 aromatic heterocycles. The van der Waals surface area contributed by atoms with E-state index >= 15 is 0 Å². The number of hydrogen-bond acceptors (Lipinski definition) is 2. The second kappa shape index (κ2) is 6.64. The molecule has 2 amide bonds. The maximum Gasteiger partial charge on any atom is 0.317 e. The fraction of sp³-hybridized carbons (Fsp3) is 0.385. The highest BCUT2D eigenvalue weighted by molar-refractivity contribution is 5.94. The Kier molecular flexibility index (Phi) is 5.17. The van der Waals surface area contributed by atoms with E-state index in [0.717, 1.165) is 5.56 Å². The normalized spacial score (nSPS) is 9.89. The number of nitrogens with zero attached hydrogens (tertiary/aromatic N) is 1. The van der Waals surface area contributed by atoms with Gasteiger partial charge in [-0.05, 0) is 19.4 Å². The zero-order valence-electron chi connectivity index (χ0n) is 10.9. The standard InChI is InChI=1S/C13H20N4O/c1-3-17(4-2)13(18)16-9-10-5-7-11(8-6-10)12(14)15/h5-8H,3-4,9H2,1-2H3,(H3,14,15)(H,16,18). The average molecular weight is 248 g/mol. The molecule has 0 aliphatic rings. The summed E-state index contributed by atoms with van der Waals surface area (Å²) in [4.78, 5) is 13.4. The minimum Gasteiger partial charge on any atom is -0.384 e. The minimum absolute atomic E-state index is 0.0497. The van der Waals surface area contributed by atoms with Crippen molar-refractivity contribution in [3.05, 3.63) is 35.4 Å². The predicted molar refractivity (Wildman–Crippen MR) is 72.6 cm³/mol. The van der Waals surface area contributed by atoms with Crippen LogP contribution in [-0.4, -0.2) is 29.9 Å². The SMILES string of the molecule is CCN(CC)C(=O)NCc1ccc(C(=N)N)cc1. The summed E-state index contributed by atoms with van der Waals surface area (Å²) in [6.07, 6.45) is 0. The van der Waals surface area contributed by atoms with Crippen molar-refractivity contribution in [2.75, 3.05) is 13.1 Å². The number of hydrogen-bond donors (Lipinski definition) is 3. The number of nitrogen functional groups attached to an aromatic ring is 1. The van der Waals surface area contributed by atoms with E-state index in [0.29, 0.717) is 25.2 Å². The van der Waals surface area contributed by atoms with Crippen molar-refractivity contribution < 1.29 is 4.79 Å². The zero-order chi connectivity index (χ0) is 13.5. The number of nitrogens with two attached hydrogens (primary N) is 1. The minimum atomic E-state index is -0.0596. The Morgan fingerprint density at radius 1 is 1.28 bits per heavy atom. The molecule has 18 heavy (non-hydrogen) atoms. The first-order chi connectivity index (χ1) is 8.58. The van der Waals surface area contributed by atoms with E-state index in [-0.39, 0.29) is 11.9 Å². The van der Waals surface area contributed by atoms with Crippen molar-refractivity contribution in [3.8, 4) is 0 Å². The van der Waals surface area contributed by atoms with Crippen LogP contribution >= 0.6 is 0 Å². The quantitative estimate of drug-likeness (QED) is 0.545. The molecule has 0 radical (unpaired) electrons. The molecule has 98 valence electrons. The topological polar surface area (TPSA) is 82.2 Å². The van der Waals surface area contributed by atoms with E-state index in [1.165, 1.54) is 0 Å². The van der Waals surface area contributed by atoms with Crippen LogP contribution in [0.1, 0.15) is 25.0 Å². The molecule has 0 bridgehead atoms. The smallest absolute Gasteiger partial charge is 0.317 e. The van der Waals surface area contributed by atoms with Crippen LogP contribution in [0.3, 0.4) is 0 Å². The largest absolute Gasteiger partial charge is 0.384 e. The number of rotatable bonds is 5. The number of carbonyl (C=O) groups is 1. The molecule has 1 aromatic rings. The Balaban J connectivity index is 2.53. The Hall–Kier alpha value is -2.04. The molecule has 5 nitrogen and oxygen atoms in total. The lowest BCUT2D eigenvalue weighted by molar-refractivity contribution is 0.203. The van der Waals surface area contributed by atoms with Crippen LogP contribution in [0.15, 0.2) is 24.3 Å². The third-order valence-electron chi connectivity index (χ3n) is 2.76. The van der Waals surface area contributed by atoms with Crippen molar-refractivity contribution in [1.82, 2.24) is 10.2 Å². The molecular formula is C13H20N4O. The van der Waals surface area contributed by atoms with Crippen molar-refractivity contribution in [1.29, 1.82) is 5.41 Å². The first-order valence-corrected chi connectivity index (χ1v) is 6.04. The van der Waals surface area contributed by atoms with Gasteiger partial charge in [0, 0.05) is 25.2 Å². The molecule has 0 saturated carbocycles. The fourth-order valence-electron chi connectivity index (χ4n) is 1.60. The van der Waals surface area contributed by atoms with Crippen molar-refractivity contribution >= 4 is 11.9 Å². The molecule has 0 unspecified atom stereocenters. The molecule has 4 N–H and O–H groups in total. The lowest BCUT2D eigenvalue weighted by atomic mass is 10.1. The number of amides is 2. The second-order valence-electron chi connectivity index (χ2n) is 3.94. The van der Waals surface area contributed by atoms with Gasteiger partial charge in [-0.25, -0.2) is 4.79 Å².